The second-order valence-corrected chi connectivity index (χ2v) is 10.5. The van der Waals surface area contributed by atoms with E-state index in [1.807, 2.05) is 6.92 Å². The quantitative estimate of drug-likeness (QED) is 0.401. The van der Waals surface area contributed by atoms with Crippen LogP contribution in [-0.2, 0) is 0 Å². The van der Waals surface area contributed by atoms with E-state index in [2.05, 4.69) is 25.4 Å². The first kappa shape index (κ1) is 19.2. The van der Waals surface area contributed by atoms with Crippen LogP contribution >= 0.6 is 23.1 Å². The molecule has 6 rings (SSSR count). The fourth-order valence-corrected chi connectivity index (χ4v) is 6.41. The Hall–Kier alpha value is -2.50. The van der Waals surface area contributed by atoms with E-state index in [1.54, 1.807) is 7.05 Å². The predicted molar refractivity (Wildman–Crippen MR) is 119 cm³/mol. The van der Waals surface area contributed by atoms with Crippen LogP contribution in [-0.4, -0.2) is 56.5 Å². The molecule has 8 nitrogen and oxygen atoms in total. The van der Waals surface area contributed by atoms with Gasteiger partial charge in [-0.3, -0.25) is 0 Å². The number of halogens is 1. The van der Waals surface area contributed by atoms with E-state index in [4.69, 9.17) is 9.97 Å². The number of fused-ring (bicyclic) bond motifs is 4. The number of rotatable bonds is 4. The lowest BCUT2D eigenvalue weighted by Gasteiger charge is -2.34. The van der Waals surface area contributed by atoms with E-state index in [-0.39, 0.29) is 17.8 Å². The van der Waals surface area contributed by atoms with Crippen molar-refractivity contribution in [2.24, 2.45) is 11.8 Å². The maximum atomic E-state index is 14.4. The zero-order valence-electron chi connectivity index (χ0n) is 16.9. The molecule has 2 aliphatic rings. The van der Waals surface area contributed by atoms with Gasteiger partial charge in [-0.05, 0) is 43.2 Å². The van der Waals surface area contributed by atoms with E-state index in [9.17, 15) is 9.50 Å². The summed E-state index contributed by atoms with van der Waals surface area (Å²) in [6.45, 7) is 3.48. The fourth-order valence-electron chi connectivity index (χ4n) is 4.74. The highest BCUT2D eigenvalue weighted by molar-refractivity contribution is 8.00. The first-order valence-electron chi connectivity index (χ1n) is 10.1. The van der Waals surface area contributed by atoms with Crippen molar-refractivity contribution in [1.82, 2.24) is 25.1 Å². The number of aryl methyl sites for hydroxylation is 1. The number of benzene rings is 1. The van der Waals surface area contributed by atoms with Gasteiger partial charge in [-0.25, -0.2) is 14.4 Å². The fraction of sp³-hybridized carbons (Fsp3) is 0.400. The zero-order valence-corrected chi connectivity index (χ0v) is 18.5. The second-order valence-electron chi connectivity index (χ2n) is 8.13. The number of nitrogens with zero attached hydrogens (tertiary/aromatic N) is 5. The molecule has 2 fully saturated rings. The summed E-state index contributed by atoms with van der Waals surface area (Å²) in [6.07, 6.45) is 0.579. The largest absolute Gasteiger partial charge is 0.393 e. The van der Waals surface area contributed by atoms with Gasteiger partial charge in [0.1, 0.15) is 22.3 Å². The monoisotopic (exact) mass is 457 g/mol. The van der Waals surface area contributed by atoms with Crippen molar-refractivity contribution in [3.8, 4) is 0 Å². The van der Waals surface area contributed by atoms with Crippen LogP contribution in [0.5, 0.6) is 0 Å². The second kappa shape index (κ2) is 7.01. The number of H-pyrrole nitrogens is 1. The number of nitrogens with one attached hydrogen (secondary N) is 2. The van der Waals surface area contributed by atoms with Gasteiger partial charge in [0.2, 0.25) is 0 Å². The van der Waals surface area contributed by atoms with Gasteiger partial charge in [0.25, 0.3) is 0 Å². The van der Waals surface area contributed by atoms with E-state index < -0.39 is 0 Å². The van der Waals surface area contributed by atoms with Gasteiger partial charge in [0, 0.05) is 31.4 Å². The summed E-state index contributed by atoms with van der Waals surface area (Å²) in [5.41, 5.74) is 2.13. The molecule has 0 radical (unpaired) electrons. The number of aliphatic hydroxyl groups is 1. The molecule has 1 saturated carbocycles. The molecule has 4 aromatic rings. The van der Waals surface area contributed by atoms with Crippen molar-refractivity contribution in [1.29, 1.82) is 0 Å². The van der Waals surface area contributed by atoms with Crippen molar-refractivity contribution in [2.75, 3.05) is 30.4 Å². The molecule has 160 valence electrons. The Kier molecular flexibility index (Phi) is 4.34. The summed E-state index contributed by atoms with van der Waals surface area (Å²) in [5, 5.41) is 24.5. The lowest BCUT2D eigenvalue weighted by Crippen LogP contribution is -2.39. The number of anilines is 2. The molecule has 11 heteroatoms. The Morgan fingerprint density at radius 2 is 2.16 bits per heavy atom. The van der Waals surface area contributed by atoms with Crippen LogP contribution in [0.2, 0.25) is 0 Å². The Labute approximate surface area is 185 Å². The van der Waals surface area contributed by atoms with Crippen LogP contribution in [0.1, 0.15) is 11.4 Å². The lowest BCUT2D eigenvalue weighted by atomic mass is 9.74. The molecule has 1 aliphatic carbocycles. The average molecular weight is 458 g/mol. The third-order valence-electron chi connectivity index (χ3n) is 6.27. The first-order valence-corrected chi connectivity index (χ1v) is 11.7. The van der Waals surface area contributed by atoms with Gasteiger partial charge in [-0.15, -0.1) is 10.2 Å². The predicted octanol–water partition coefficient (Wildman–Crippen LogP) is 3.42. The minimum absolute atomic E-state index is 0.248. The van der Waals surface area contributed by atoms with Gasteiger partial charge in [0.05, 0.1) is 22.7 Å². The van der Waals surface area contributed by atoms with Crippen molar-refractivity contribution in [3.63, 3.8) is 0 Å². The SMILES string of the molecule is CNc1cc(F)cc2c1[nH]c1nc(Sc3nnc(C)s3)nc(N3CC4C[C@H](O)C4C3)c12. The Balaban J connectivity index is 1.54. The number of hydrogen-bond acceptors (Lipinski definition) is 9. The van der Waals surface area contributed by atoms with Crippen LogP contribution in [0.15, 0.2) is 21.6 Å². The molecular formula is C20H20FN7OS2. The average Bonchev–Trinajstić information content (AvgIpc) is 3.41. The van der Waals surface area contributed by atoms with Crippen molar-refractivity contribution >= 4 is 56.5 Å². The highest BCUT2D eigenvalue weighted by Gasteiger charge is 2.47. The lowest BCUT2D eigenvalue weighted by molar-refractivity contribution is -0.00398. The van der Waals surface area contributed by atoms with Gasteiger partial charge >= 0.3 is 0 Å². The van der Waals surface area contributed by atoms with Crippen LogP contribution in [0.4, 0.5) is 15.9 Å². The number of aromatic nitrogens is 5. The number of aliphatic hydroxyl groups excluding tert-OH is 1. The normalized spacial score (nSPS) is 22.8. The molecular weight excluding hydrogens is 437 g/mol. The van der Waals surface area contributed by atoms with E-state index in [0.717, 1.165) is 51.0 Å². The smallest absolute Gasteiger partial charge is 0.198 e. The summed E-state index contributed by atoms with van der Waals surface area (Å²) in [5.74, 6) is 1.19. The van der Waals surface area contributed by atoms with Crippen molar-refractivity contribution in [2.45, 2.75) is 28.9 Å². The van der Waals surface area contributed by atoms with Gasteiger partial charge in [-0.2, -0.15) is 0 Å². The van der Waals surface area contributed by atoms with Crippen LogP contribution < -0.4 is 10.2 Å². The molecule has 3 aromatic heterocycles. The van der Waals surface area contributed by atoms with Crippen molar-refractivity contribution < 1.29 is 9.50 Å². The highest BCUT2D eigenvalue weighted by Crippen LogP contribution is 2.45. The molecule has 1 aliphatic heterocycles. The summed E-state index contributed by atoms with van der Waals surface area (Å²) < 4.78 is 15.2. The number of aromatic amines is 1. The third-order valence-corrected chi connectivity index (χ3v) is 8.03. The standard InChI is InChI=1S/C20H20FN7OS2/c1-8-26-27-20(30-8)31-19-24-17-15(11-4-10(21)5-13(22-2)16(11)23-17)18(25-19)28-6-9-3-14(29)12(9)7-28/h4-5,9,12,14,22,29H,3,6-7H2,1-2H3,(H,23,24,25)/t9?,12?,14-/m0/s1. The zero-order chi connectivity index (χ0) is 21.3. The van der Waals surface area contributed by atoms with Crippen LogP contribution in [0.3, 0.4) is 0 Å². The molecule has 0 amide bonds. The molecule has 0 spiro atoms. The Morgan fingerprint density at radius 3 is 2.87 bits per heavy atom. The number of hydrogen-bond donors (Lipinski definition) is 3. The maximum absolute atomic E-state index is 14.4. The maximum Gasteiger partial charge on any atom is 0.198 e. The van der Waals surface area contributed by atoms with Gasteiger partial charge in [0.15, 0.2) is 9.50 Å². The Bertz CT molecular complexity index is 1320. The van der Waals surface area contributed by atoms with E-state index in [0.29, 0.717) is 22.4 Å². The van der Waals surface area contributed by atoms with Crippen molar-refractivity contribution in [3.05, 3.63) is 23.0 Å². The topological polar surface area (TPSA) is 103 Å². The summed E-state index contributed by atoms with van der Waals surface area (Å²) in [6, 6.07) is 3.00. The van der Waals surface area contributed by atoms with Crippen LogP contribution in [0, 0.1) is 24.6 Å². The molecule has 1 aromatic carbocycles. The molecule has 0 bridgehead atoms. The highest BCUT2D eigenvalue weighted by atomic mass is 32.2. The van der Waals surface area contributed by atoms with Gasteiger partial charge < -0.3 is 20.3 Å². The van der Waals surface area contributed by atoms with Crippen LogP contribution in [0.25, 0.3) is 21.9 Å². The minimum Gasteiger partial charge on any atom is -0.393 e. The van der Waals surface area contributed by atoms with E-state index in [1.165, 1.54) is 35.2 Å². The first-order chi connectivity index (χ1) is 15.0. The molecule has 1 saturated heterocycles. The van der Waals surface area contributed by atoms with Gasteiger partial charge in [-0.1, -0.05) is 11.3 Å². The summed E-state index contributed by atoms with van der Waals surface area (Å²) >= 11 is 2.87. The third kappa shape index (κ3) is 3.06. The minimum atomic E-state index is -0.316. The molecule has 31 heavy (non-hydrogen) atoms. The Morgan fingerprint density at radius 1 is 1.29 bits per heavy atom. The molecule has 2 unspecified atom stereocenters. The molecule has 3 atom stereocenters. The molecule has 3 N–H and O–H groups in total. The summed E-state index contributed by atoms with van der Waals surface area (Å²) in [7, 11) is 1.77. The summed E-state index contributed by atoms with van der Waals surface area (Å²) in [4.78, 5) is 15.2. The molecule has 4 heterocycles. The van der Waals surface area contributed by atoms with E-state index >= 15 is 0 Å².